The normalized spacial score (nSPS) is 10.2. The van der Waals surface area contributed by atoms with Gasteiger partial charge >= 0.3 is 0 Å². The van der Waals surface area contributed by atoms with Gasteiger partial charge in [0.05, 0.1) is 0 Å². The van der Waals surface area contributed by atoms with E-state index in [-0.39, 0.29) is 0 Å². The molecule has 0 saturated heterocycles. The summed E-state index contributed by atoms with van der Waals surface area (Å²) < 4.78 is 0. The first-order valence-corrected chi connectivity index (χ1v) is 9.89. The van der Waals surface area contributed by atoms with E-state index in [9.17, 15) is 0 Å². The lowest BCUT2D eigenvalue weighted by Gasteiger charge is -2.01. The lowest BCUT2D eigenvalue weighted by atomic mass is 10.0. The average Bonchev–Trinajstić information content (AvgIpc) is 2.64. The second-order valence-electron chi connectivity index (χ2n) is 6.55. The van der Waals surface area contributed by atoms with Gasteiger partial charge in [0.15, 0.2) is 0 Å². The molecule has 2 aromatic rings. The fourth-order valence-electron chi connectivity index (χ4n) is 2.75. The zero-order valence-electron chi connectivity index (χ0n) is 16.3. The van der Waals surface area contributed by atoms with Crippen molar-refractivity contribution in [3.05, 3.63) is 70.8 Å². The molecule has 0 radical (unpaired) electrons. The predicted molar refractivity (Wildman–Crippen MR) is 109 cm³/mol. The van der Waals surface area contributed by atoms with E-state index >= 15 is 0 Å². The minimum Gasteiger partial charge on any atom is -0.0654 e. The number of hydrogen-bond acceptors (Lipinski definition) is 0. The van der Waals surface area contributed by atoms with Crippen LogP contribution in [0.3, 0.4) is 0 Å². The van der Waals surface area contributed by atoms with Crippen molar-refractivity contribution in [3.8, 4) is 0 Å². The summed E-state index contributed by atoms with van der Waals surface area (Å²) in [5.74, 6) is 0. The highest BCUT2D eigenvalue weighted by atomic mass is 14.0. The maximum absolute atomic E-state index is 2.27. The van der Waals surface area contributed by atoms with Gasteiger partial charge in [-0.05, 0) is 54.4 Å². The third kappa shape index (κ3) is 8.34. The summed E-state index contributed by atoms with van der Waals surface area (Å²) in [6.45, 7) is 8.86. The standard InChI is InChI=1S/C13H20.C11H16/c1-3-5-6-7-13-10-8-12(4-2)9-11-13;1-3-5-11-8-6-10(4-2)7-9-11/h8-11H,3-7H2,1-2H3;6-9H,3-5H2,1-2H3. The number of hydrogen-bond donors (Lipinski definition) is 0. The molecule has 0 bridgehead atoms. The fourth-order valence-corrected chi connectivity index (χ4v) is 2.75. The molecular weight excluding hydrogens is 288 g/mol. The van der Waals surface area contributed by atoms with Gasteiger partial charge in [0, 0.05) is 0 Å². The molecule has 0 spiro atoms. The van der Waals surface area contributed by atoms with Crippen LogP contribution in [0.4, 0.5) is 0 Å². The largest absolute Gasteiger partial charge is 0.0654 e. The molecule has 132 valence electrons. The molecule has 0 heterocycles. The summed E-state index contributed by atoms with van der Waals surface area (Å²) in [5, 5.41) is 0. The van der Waals surface area contributed by atoms with Gasteiger partial charge in [0.25, 0.3) is 0 Å². The summed E-state index contributed by atoms with van der Waals surface area (Å²) >= 11 is 0. The van der Waals surface area contributed by atoms with E-state index in [2.05, 4.69) is 76.2 Å². The van der Waals surface area contributed by atoms with Crippen molar-refractivity contribution < 1.29 is 0 Å². The number of benzene rings is 2. The van der Waals surface area contributed by atoms with Crippen LogP contribution < -0.4 is 0 Å². The highest BCUT2D eigenvalue weighted by molar-refractivity contribution is 5.23. The molecule has 0 atom stereocenters. The van der Waals surface area contributed by atoms with E-state index in [4.69, 9.17) is 0 Å². The van der Waals surface area contributed by atoms with E-state index in [1.165, 1.54) is 60.8 Å². The third-order valence-corrected chi connectivity index (χ3v) is 4.47. The molecule has 24 heavy (non-hydrogen) atoms. The van der Waals surface area contributed by atoms with Gasteiger partial charge in [-0.2, -0.15) is 0 Å². The molecule has 0 fully saturated rings. The maximum atomic E-state index is 2.27. The molecule has 0 amide bonds. The lowest BCUT2D eigenvalue weighted by Crippen LogP contribution is -1.86. The van der Waals surface area contributed by atoms with Gasteiger partial charge in [-0.1, -0.05) is 95.5 Å². The highest BCUT2D eigenvalue weighted by Crippen LogP contribution is 2.09. The smallest absolute Gasteiger partial charge is 0.0279 e. The van der Waals surface area contributed by atoms with Crippen LogP contribution in [0.25, 0.3) is 0 Å². The van der Waals surface area contributed by atoms with E-state index in [1.54, 1.807) is 0 Å². The minimum atomic E-state index is 1.15. The molecule has 0 aliphatic heterocycles. The van der Waals surface area contributed by atoms with Crippen molar-refractivity contribution in [2.24, 2.45) is 0 Å². The van der Waals surface area contributed by atoms with E-state index in [0.29, 0.717) is 0 Å². The summed E-state index contributed by atoms with van der Waals surface area (Å²) in [6, 6.07) is 18.0. The second kappa shape index (κ2) is 12.8. The molecule has 0 heteroatoms. The Kier molecular flexibility index (Phi) is 10.9. The van der Waals surface area contributed by atoms with Gasteiger partial charge < -0.3 is 0 Å². The topological polar surface area (TPSA) is 0 Å². The van der Waals surface area contributed by atoms with Crippen LogP contribution in [-0.4, -0.2) is 0 Å². The Labute approximate surface area is 150 Å². The first kappa shape index (κ1) is 20.5. The van der Waals surface area contributed by atoms with Crippen LogP contribution in [0.1, 0.15) is 75.6 Å². The maximum Gasteiger partial charge on any atom is -0.0279 e. The van der Waals surface area contributed by atoms with Crippen molar-refractivity contribution in [1.29, 1.82) is 0 Å². The van der Waals surface area contributed by atoms with Gasteiger partial charge in [-0.25, -0.2) is 0 Å². The Balaban J connectivity index is 0.000000243. The van der Waals surface area contributed by atoms with Crippen LogP contribution >= 0.6 is 0 Å². The molecule has 0 aromatic heterocycles. The minimum absolute atomic E-state index is 1.15. The van der Waals surface area contributed by atoms with Crippen molar-refractivity contribution in [2.45, 2.75) is 79.1 Å². The summed E-state index contributed by atoms with van der Waals surface area (Å²) in [5.41, 5.74) is 5.83. The SMILES string of the molecule is CCCCCc1ccc(CC)cc1.CCCc1ccc(CC)cc1. The monoisotopic (exact) mass is 324 g/mol. The van der Waals surface area contributed by atoms with Crippen LogP contribution in [0, 0.1) is 0 Å². The van der Waals surface area contributed by atoms with Crippen LogP contribution in [-0.2, 0) is 25.7 Å². The Morgan fingerprint density at radius 2 is 0.875 bits per heavy atom. The molecule has 2 rings (SSSR count). The number of unbranched alkanes of at least 4 members (excludes halogenated alkanes) is 2. The Bertz CT molecular complexity index is 519. The van der Waals surface area contributed by atoms with E-state index < -0.39 is 0 Å². The van der Waals surface area contributed by atoms with Crippen LogP contribution in [0.2, 0.25) is 0 Å². The molecule has 0 aliphatic carbocycles. The Morgan fingerprint density at radius 1 is 0.458 bits per heavy atom. The quantitative estimate of drug-likeness (QED) is 0.451. The van der Waals surface area contributed by atoms with Gasteiger partial charge in [0.2, 0.25) is 0 Å². The summed E-state index contributed by atoms with van der Waals surface area (Å²) in [7, 11) is 0. The molecule has 0 saturated carbocycles. The molecule has 2 aromatic carbocycles. The molecular formula is C24H36. The zero-order chi connectivity index (χ0) is 17.6. The Morgan fingerprint density at radius 3 is 1.25 bits per heavy atom. The van der Waals surface area contributed by atoms with Crippen molar-refractivity contribution in [3.63, 3.8) is 0 Å². The van der Waals surface area contributed by atoms with Gasteiger partial charge in [0.1, 0.15) is 0 Å². The second-order valence-corrected chi connectivity index (χ2v) is 6.55. The fraction of sp³-hybridized carbons (Fsp3) is 0.500. The number of aryl methyl sites for hydroxylation is 4. The first-order chi connectivity index (χ1) is 11.7. The average molecular weight is 325 g/mol. The molecule has 0 aliphatic rings. The predicted octanol–water partition coefficient (Wildman–Crippen LogP) is 7.18. The molecule has 0 N–H and O–H groups in total. The lowest BCUT2D eigenvalue weighted by molar-refractivity contribution is 0.717. The molecule has 0 nitrogen and oxygen atoms in total. The molecule has 0 unspecified atom stereocenters. The van der Waals surface area contributed by atoms with E-state index in [1.807, 2.05) is 0 Å². The van der Waals surface area contributed by atoms with Crippen molar-refractivity contribution in [2.75, 3.05) is 0 Å². The zero-order valence-corrected chi connectivity index (χ0v) is 16.3. The summed E-state index contributed by atoms with van der Waals surface area (Å²) in [6.07, 6.45) is 10.00. The van der Waals surface area contributed by atoms with Crippen LogP contribution in [0.15, 0.2) is 48.5 Å². The first-order valence-electron chi connectivity index (χ1n) is 9.89. The van der Waals surface area contributed by atoms with Gasteiger partial charge in [-0.15, -0.1) is 0 Å². The number of rotatable bonds is 8. The highest BCUT2D eigenvalue weighted by Gasteiger charge is 1.93. The van der Waals surface area contributed by atoms with Crippen molar-refractivity contribution in [1.82, 2.24) is 0 Å². The van der Waals surface area contributed by atoms with Gasteiger partial charge in [-0.3, -0.25) is 0 Å². The van der Waals surface area contributed by atoms with E-state index in [0.717, 1.165) is 12.8 Å². The van der Waals surface area contributed by atoms with Crippen molar-refractivity contribution >= 4 is 0 Å². The Hall–Kier alpha value is -1.56. The van der Waals surface area contributed by atoms with Crippen LogP contribution in [0.5, 0.6) is 0 Å². The third-order valence-electron chi connectivity index (χ3n) is 4.47. The summed E-state index contributed by atoms with van der Waals surface area (Å²) in [4.78, 5) is 0.